The molecule has 1 amide bonds. The van der Waals surface area contributed by atoms with E-state index in [1.807, 2.05) is 0 Å². The Bertz CT molecular complexity index is 1030. The summed E-state index contributed by atoms with van der Waals surface area (Å²) in [4.78, 5) is 21.9. The zero-order valence-corrected chi connectivity index (χ0v) is 16.7. The molecule has 150 valence electrons. The molecule has 3 aromatic rings. The third-order valence-corrected chi connectivity index (χ3v) is 4.94. The Morgan fingerprint density at radius 2 is 1.90 bits per heavy atom. The van der Waals surface area contributed by atoms with Crippen molar-refractivity contribution in [2.45, 2.75) is 6.18 Å². The molecule has 1 aromatic carbocycles. The summed E-state index contributed by atoms with van der Waals surface area (Å²) in [5.74, 6) is -0.882. The lowest BCUT2D eigenvalue weighted by Gasteiger charge is -2.24. The van der Waals surface area contributed by atoms with Gasteiger partial charge in [0, 0.05) is 12.3 Å². The van der Waals surface area contributed by atoms with Gasteiger partial charge < -0.3 is 4.84 Å². The number of hydrogen-bond acceptors (Lipinski definition) is 5. The topological polar surface area (TPSA) is 54.5 Å². The number of alkyl halides is 3. The van der Waals surface area contributed by atoms with Crippen molar-refractivity contribution in [2.24, 2.45) is 0 Å². The van der Waals surface area contributed by atoms with Crippen LogP contribution in [-0.4, -0.2) is 16.0 Å². The summed E-state index contributed by atoms with van der Waals surface area (Å²) >= 11 is 12.1. The van der Waals surface area contributed by atoms with Crippen LogP contribution in [0.15, 0.2) is 60.8 Å². The van der Waals surface area contributed by atoms with Gasteiger partial charge in [-0.1, -0.05) is 29.8 Å². The van der Waals surface area contributed by atoms with E-state index in [-0.39, 0.29) is 11.0 Å². The summed E-state index contributed by atoms with van der Waals surface area (Å²) in [6.45, 7) is 0. The number of halogens is 4. The molecular formula is C18H11ClF3N3O2S2. The fourth-order valence-electron chi connectivity index (χ4n) is 2.15. The number of hydroxylamine groups is 1. The van der Waals surface area contributed by atoms with E-state index in [2.05, 4.69) is 10.3 Å². The van der Waals surface area contributed by atoms with Crippen LogP contribution in [0.3, 0.4) is 0 Å². The van der Waals surface area contributed by atoms with Crippen molar-refractivity contribution in [3.8, 4) is 5.88 Å². The van der Waals surface area contributed by atoms with Gasteiger partial charge in [-0.05, 0) is 42.5 Å². The third-order valence-electron chi connectivity index (χ3n) is 3.44. The third kappa shape index (κ3) is 5.43. The Morgan fingerprint density at radius 3 is 2.52 bits per heavy atom. The van der Waals surface area contributed by atoms with Gasteiger partial charge in [-0.25, -0.2) is 4.98 Å². The summed E-state index contributed by atoms with van der Waals surface area (Å²) < 4.78 is 39.3. The highest BCUT2D eigenvalue weighted by molar-refractivity contribution is 7.80. The normalized spacial score (nSPS) is 11.0. The summed E-state index contributed by atoms with van der Waals surface area (Å²) in [7, 11) is 0. The van der Waals surface area contributed by atoms with Crippen LogP contribution in [0, 0.1) is 0 Å². The molecule has 29 heavy (non-hydrogen) atoms. The molecule has 11 heteroatoms. The maximum absolute atomic E-state index is 13.0. The molecule has 0 saturated heterocycles. The number of amides is 1. The maximum Gasteiger partial charge on any atom is 0.416 e. The first-order chi connectivity index (χ1) is 13.7. The predicted octanol–water partition coefficient (Wildman–Crippen LogP) is 5.33. The highest BCUT2D eigenvalue weighted by Crippen LogP contribution is 2.31. The van der Waals surface area contributed by atoms with Crippen molar-refractivity contribution in [1.29, 1.82) is 0 Å². The van der Waals surface area contributed by atoms with Crippen molar-refractivity contribution in [2.75, 3.05) is 5.06 Å². The Hall–Kier alpha value is -2.69. The Balaban J connectivity index is 1.86. The zero-order valence-electron chi connectivity index (χ0n) is 14.3. The smallest absolute Gasteiger partial charge is 0.352 e. The molecule has 0 bridgehead atoms. The van der Waals surface area contributed by atoms with Crippen LogP contribution in [0.25, 0.3) is 0 Å². The van der Waals surface area contributed by atoms with Gasteiger partial charge in [0.1, 0.15) is 0 Å². The lowest BCUT2D eigenvalue weighted by atomic mass is 10.2. The number of rotatable bonds is 4. The van der Waals surface area contributed by atoms with Gasteiger partial charge in [0.05, 0.1) is 20.5 Å². The minimum absolute atomic E-state index is 0.190. The van der Waals surface area contributed by atoms with Crippen molar-refractivity contribution < 1.29 is 22.8 Å². The van der Waals surface area contributed by atoms with Gasteiger partial charge in [-0.2, -0.15) is 13.2 Å². The molecule has 0 aliphatic rings. The molecule has 1 N–H and O–H groups in total. The first-order valence-corrected chi connectivity index (χ1v) is 9.51. The number of hydrogen-bond donors (Lipinski definition) is 1. The van der Waals surface area contributed by atoms with Crippen molar-refractivity contribution >= 4 is 51.9 Å². The van der Waals surface area contributed by atoms with Crippen LogP contribution in [-0.2, 0) is 6.18 Å². The molecule has 0 aliphatic carbocycles. The Morgan fingerprint density at radius 1 is 1.17 bits per heavy atom. The minimum atomic E-state index is -4.56. The van der Waals surface area contributed by atoms with Crippen LogP contribution < -0.4 is 15.2 Å². The second-order valence-corrected chi connectivity index (χ2v) is 7.57. The van der Waals surface area contributed by atoms with Crippen molar-refractivity contribution in [3.63, 3.8) is 0 Å². The minimum Gasteiger partial charge on any atom is -0.352 e. The second kappa shape index (κ2) is 8.76. The fourth-order valence-corrected chi connectivity index (χ4v) is 3.32. The molecule has 0 fully saturated rings. The molecule has 0 saturated carbocycles. The maximum atomic E-state index is 13.0. The van der Waals surface area contributed by atoms with E-state index in [1.165, 1.54) is 6.07 Å². The number of anilines is 1. The van der Waals surface area contributed by atoms with Gasteiger partial charge in [0.15, 0.2) is 0 Å². The van der Waals surface area contributed by atoms with Gasteiger partial charge >= 0.3 is 6.18 Å². The van der Waals surface area contributed by atoms with E-state index in [1.54, 1.807) is 36.4 Å². The summed E-state index contributed by atoms with van der Waals surface area (Å²) in [6, 6.07) is 12.9. The molecule has 0 aliphatic heterocycles. The number of para-hydroxylation sites is 1. The van der Waals surface area contributed by atoms with Gasteiger partial charge in [0.2, 0.25) is 11.0 Å². The number of benzene rings is 1. The number of nitrogens with zero attached hydrogens (tertiary/aromatic N) is 2. The lowest BCUT2D eigenvalue weighted by Crippen LogP contribution is -2.44. The Labute approximate surface area is 177 Å². The predicted molar refractivity (Wildman–Crippen MR) is 108 cm³/mol. The van der Waals surface area contributed by atoms with E-state index >= 15 is 0 Å². The number of thiocarbonyl (C=S) groups is 1. The summed E-state index contributed by atoms with van der Waals surface area (Å²) in [5, 5.41) is 3.28. The molecule has 2 aromatic heterocycles. The first-order valence-electron chi connectivity index (χ1n) is 7.91. The average Bonchev–Trinajstić information content (AvgIpc) is 3.13. The van der Waals surface area contributed by atoms with Crippen LogP contribution in [0.5, 0.6) is 5.88 Å². The molecule has 3 rings (SSSR count). The molecule has 0 spiro atoms. The van der Waals surface area contributed by atoms with E-state index < -0.39 is 17.6 Å². The highest BCUT2D eigenvalue weighted by Gasteiger charge is 2.31. The largest absolute Gasteiger partial charge is 0.416 e. The molecular weight excluding hydrogens is 447 g/mol. The molecule has 0 atom stereocenters. The highest BCUT2D eigenvalue weighted by atomic mass is 35.5. The Kier molecular flexibility index (Phi) is 6.36. The van der Waals surface area contributed by atoms with Crippen LogP contribution in [0.2, 0.25) is 4.34 Å². The SMILES string of the molecule is O=C(NC(=S)N(Oc1cc(C(F)(F)F)ccn1)c1ccccc1)c1ccc(Cl)s1. The molecule has 2 heterocycles. The van der Waals surface area contributed by atoms with Crippen molar-refractivity contribution in [1.82, 2.24) is 10.3 Å². The monoisotopic (exact) mass is 457 g/mol. The van der Waals surface area contributed by atoms with E-state index in [4.69, 9.17) is 28.7 Å². The number of aromatic nitrogens is 1. The van der Waals surface area contributed by atoms with Gasteiger partial charge in [0.25, 0.3) is 5.91 Å². The van der Waals surface area contributed by atoms with E-state index in [9.17, 15) is 18.0 Å². The number of pyridine rings is 1. The van der Waals surface area contributed by atoms with Gasteiger partial charge in [-0.3, -0.25) is 10.1 Å². The number of nitrogens with one attached hydrogen (secondary N) is 1. The van der Waals surface area contributed by atoms with Crippen LogP contribution in [0.1, 0.15) is 15.2 Å². The number of carbonyl (C=O) groups excluding carboxylic acids is 1. The fraction of sp³-hybridized carbons (Fsp3) is 0.0556. The molecule has 5 nitrogen and oxygen atoms in total. The van der Waals surface area contributed by atoms with Crippen molar-refractivity contribution in [3.05, 3.63) is 75.6 Å². The summed E-state index contributed by atoms with van der Waals surface area (Å²) in [6.07, 6.45) is -3.59. The lowest BCUT2D eigenvalue weighted by molar-refractivity contribution is -0.137. The number of thiophene rings is 1. The molecule has 0 radical (unpaired) electrons. The first kappa shape index (κ1) is 21.0. The number of carbonyl (C=O) groups is 1. The second-order valence-electron chi connectivity index (χ2n) is 5.46. The van der Waals surface area contributed by atoms with Crippen LogP contribution in [0.4, 0.5) is 18.9 Å². The average molecular weight is 458 g/mol. The molecule has 0 unspecified atom stereocenters. The van der Waals surface area contributed by atoms with E-state index in [0.717, 1.165) is 34.7 Å². The zero-order chi connectivity index (χ0) is 21.0. The quantitative estimate of drug-likeness (QED) is 0.424. The van der Waals surface area contributed by atoms with Crippen LogP contribution >= 0.6 is 35.2 Å². The standard InChI is InChI=1S/C18H11ClF3N3O2S2/c19-14-7-6-13(29-14)16(26)24-17(28)25(12-4-2-1-3-5-12)27-15-10-11(8-9-23-15)18(20,21)22/h1-10H,(H,24,26,28). The van der Waals surface area contributed by atoms with Gasteiger partial charge in [-0.15, -0.1) is 16.4 Å². The van der Waals surface area contributed by atoms with E-state index in [0.29, 0.717) is 14.9 Å². The summed E-state index contributed by atoms with van der Waals surface area (Å²) in [5.41, 5.74) is -0.556.